The highest BCUT2D eigenvalue weighted by Crippen LogP contribution is 2.53. The third kappa shape index (κ3) is 2.46. The molecule has 3 heteroatoms. The zero-order valence-electron chi connectivity index (χ0n) is 19.5. The largest absolute Gasteiger partial charge is 0.285 e. The van der Waals surface area contributed by atoms with Crippen molar-refractivity contribution in [1.82, 2.24) is 9.55 Å². The molecule has 0 amide bonds. The quantitative estimate of drug-likeness (QED) is 0.236. The first-order valence-corrected chi connectivity index (χ1v) is 12.9. The minimum Gasteiger partial charge on any atom is -0.285 e. The summed E-state index contributed by atoms with van der Waals surface area (Å²) in [6.07, 6.45) is 0. The van der Waals surface area contributed by atoms with E-state index in [1.165, 1.54) is 59.5 Å². The molecule has 0 atom stereocenters. The molecule has 35 heavy (non-hydrogen) atoms. The van der Waals surface area contributed by atoms with E-state index in [0.717, 1.165) is 10.6 Å². The molecular formula is C32H22N2S. The van der Waals surface area contributed by atoms with Gasteiger partial charge in [0.25, 0.3) is 0 Å². The van der Waals surface area contributed by atoms with Gasteiger partial charge in [0.1, 0.15) is 0 Å². The Kier molecular flexibility index (Phi) is 3.64. The fourth-order valence-corrected chi connectivity index (χ4v) is 7.21. The van der Waals surface area contributed by atoms with Gasteiger partial charge in [-0.05, 0) is 63.4 Å². The Morgan fingerprint density at radius 2 is 1.46 bits per heavy atom. The normalized spacial score (nSPS) is 14.2. The van der Waals surface area contributed by atoms with Gasteiger partial charge in [0, 0.05) is 16.2 Å². The summed E-state index contributed by atoms with van der Waals surface area (Å²) in [5, 5.41) is 6.26. The molecule has 1 aliphatic rings. The van der Waals surface area contributed by atoms with Gasteiger partial charge < -0.3 is 0 Å². The maximum atomic E-state index is 5.04. The van der Waals surface area contributed by atoms with Crippen LogP contribution in [0.3, 0.4) is 0 Å². The van der Waals surface area contributed by atoms with Crippen LogP contribution in [0.15, 0.2) is 97.1 Å². The minimum atomic E-state index is -0.0706. The maximum absolute atomic E-state index is 5.04. The van der Waals surface area contributed by atoms with Crippen molar-refractivity contribution in [3.63, 3.8) is 0 Å². The highest BCUT2D eigenvalue weighted by Gasteiger charge is 2.37. The highest BCUT2D eigenvalue weighted by molar-refractivity contribution is 7.20. The first kappa shape index (κ1) is 19.4. The molecule has 2 nitrogen and oxygen atoms in total. The number of hydrogen-bond donors (Lipinski definition) is 0. The van der Waals surface area contributed by atoms with Crippen molar-refractivity contribution in [2.45, 2.75) is 19.3 Å². The maximum Gasteiger partial charge on any atom is 0.195 e. The molecule has 0 spiro atoms. The van der Waals surface area contributed by atoms with Crippen LogP contribution in [0.1, 0.15) is 25.0 Å². The molecule has 2 heterocycles. The molecular weight excluding hydrogens is 444 g/mol. The first-order chi connectivity index (χ1) is 17.1. The smallest absolute Gasteiger partial charge is 0.195 e. The van der Waals surface area contributed by atoms with Crippen molar-refractivity contribution in [3.8, 4) is 16.3 Å². The minimum absolute atomic E-state index is 0.0706. The predicted octanol–water partition coefficient (Wildman–Crippen LogP) is 8.85. The second kappa shape index (κ2) is 6.59. The van der Waals surface area contributed by atoms with Gasteiger partial charge in [0.15, 0.2) is 5.13 Å². The van der Waals surface area contributed by atoms with Gasteiger partial charge in [0.2, 0.25) is 0 Å². The van der Waals surface area contributed by atoms with E-state index in [0.29, 0.717) is 0 Å². The molecule has 0 unspecified atom stereocenters. The number of nitrogens with zero attached hydrogens (tertiary/aromatic N) is 2. The van der Waals surface area contributed by atoms with Crippen LogP contribution in [-0.4, -0.2) is 9.55 Å². The second-order valence-corrected chi connectivity index (χ2v) is 11.1. The Bertz CT molecular complexity index is 1950. The van der Waals surface area contributed by atoms with Gasteiger partial charge in [-0.3, -0.25) is 4.57 Å². The number of benzene rings is 5. The molecule has 0 aliphatic heterocycles. The Hall–Kier alpha value is -3.95. The monoisotopic (exact) mass is 466 g/mol. The van der Waals surface area contributed by atoms with E-state index < -0.39 is 0 Å². The summed E-state index contributed by atoms with van der Waals surface area (Å²) in [4.78, 5) is 5.04. The standard InChI is InChI=1S/C32H22N2S/c1-32(2)25-17-24-21-11-5-7-13-27(21)34(31-33-26-12-6-8-14-29(26)35-31)28(24)18-23(25)22-16-15-19-9-3-4-10-20(19)30(22)32/h3-18H,1-2H3. The summed E-state index contributed by atoms with van der Waals surface area (Å²) in [6, 6.07) is 35.4. The summed E-state index contributed by atoms with van der Waals surface area (Å²) in [5.74, 6) is 0. The molecule has 5 aromatic carbocycles. The lowest BCUT2D eigenvalue weighted by atomic mass is 9.80. The Morgan fingerprint density at radius 1 is 0.686 bits per heavy atom. The molecule has 0 radical (unpaired) electrons. The van der Waals surface area contributed by atoms with Gasteiger partial charge in [-0.25, -0.2) is 4.98 Å². The van der Waals surface area contributed by atoms with E-state index in [2.05, 4.69) is 115 Å². The average molecular weight is 467 g/mol. The van der Waals surface area contributed by atoms with Crippen molar-refractivity contribution in [3.05, 3.63) is 108 Å². The topological polar surface area (TPSA) is 17.8 Å². The lowest BCUT2D eigenvalue weighted by Gasteiger charge is -2.23. The molecule has 166 valence electrons. The van der Waals surface area contributed by atoms with Crippen molar-refractivity contribution in [1.29, 1.82) is 0 Å². The van der Waals surface area contributed by atoms with E-state index in [1.807, 2.05) is 0 Å². The van der Waals surface area contributed by atoms with Gasteiger partial charge in [-0.1, -0.05) is 91.9 Å². The molecule has 8 rings (SSSR count). The van der Waals surface area contributed by atoms with Crippen LogP contribution in [0, 0.1) is 0 Å². The number of fused-ring (bicyclic) bond motifs is 9. The molecule has 7 aromatic rings. The van der Waals surface area contributed by atoms with Crippen molar-refractivity contribution >= 4 is 54.1 Å². The number of para-hydroxylation sites is 2. The van der Waals surface area contributed by atoms with Crippen LogP contribution in [0.2, 0.25) is 0 Å². The summed E-state index contributed by atoms with van der Waals surface area (Å²) >= 11 is 1.76. The third-order valence-electron chi connectivity index (χ3n) is 7.80. The number of aromatic nitrogens is 2. The van der Waals surface area contributed by atoms with Crippen LogP contribution >= 0.6 is 11.3 Å². The summed E-state index contributed by atoms with van der Waals surface area (Å²) in [6.45, 7) is 4.76. The van der Waals surface area contributed by atoms with Crippen molar-refractivity contribution in [2.24, 2.45) is 0 Å². The van der Waals surface area contributed by atoms with Crippen LogP contribution in [-0.2, 0) is 5.41 Å². The van der Waals surface area contributed by atoms with E-state index >= 15 is 0 Å². The first-order valence-electron chi connectivity index (χ1n) is 12.1. The zero-order valence-corrected chi connectivity index (χ0v) is 20.4. The summed E-state index contributed by atoms with van der Waals surface area (Å²) < 4.78 is 3.58. The molecule has 0 saturated carbocycles. The molecule has 0 bridgehead atoms. The van der Waals surface area contributed by atoms with Crippen molar-refractivity contribution in [2.75, 3.05) is 0 Å². The molecule has 2 aromatic heterocycles. The highest BCUT2D eigenvalue weighted by atomic mass is 32.1. The number of rotatable bonds is 1. The molecule has 0 saturated heterocycles. The Morgan fingerprint density at radius 3 is 2.34 bits per heavy atom. The van der Waals surface area contributed by atoms with Crippen molar-refractivity contribution < 1.29 is 0 Å². The Balaban J connectivity index is 1.51. The number of hydrogen-bond acceptors (Lipinski definition) is 2. The lowest BCUT2D eigenvalue weighted by Crippen LogP contribution is -2.15. The van der Waals surface area contributed by atoms with E-state index in [-0.39, 0.29) is 5.41 Å². The third-order valence-corrected chi connectivity index (χ3v) is 8.82. The van der Waals surface area contributed by atoms with Gasteiger partial charge >= 0.3 is 0 Å². The second-order valence-electron chi connectivity index (χ2n) is 10.1. The van der Waals surface area contributed by atoms with Crippen LogP contribution in [0.5, 0.6) is 0 Å². The van der Waals surface area contributed by atoms with Gasteiger partial charge in [0.05, 0.1) is 21.3 Å². The van der Waals surface area contributed by atoms with Gasteiger partial charge in [-0.15, -0.1) is 0 Å². The fourth-order valence-electron chi connectivity index (χ4n) is 6.22. The van der Waals surface area contributed by atoms with Gasteiger partial charge in [-0.2, -0.15) is 0 Å². The molecule has 1 aliphatic carbocycles. The SMILES string of the molecule is CC1(C)c2cc3c4ccccc4n(-c4nc5ccccc5s4)c3cc2-c2ccc3ccccc3c21. The van der Waals surface area contributed by atoms with Crippen LogP contribution < -0.4 is 0 Å². The summed E-state index contributed by atoms with van der Waals surface area (Å²) in [5.41, 5.74) is 8.96. The van der Waals surface area contributed by atoms with Crippen LogP contribution in [0.4, 0.5) is 0 Å². The zero-order chi connectivity index (χ0) is 23.3. The van der Waals surface area contributed by atoms with E-state index in [4.69, 9.17) is 4.98 Å². The fraction of sp³-hybridized carbons (Fsp3) is 0.0938. The predicted molar refractivity (Wildman–Crippen MR) is 149 cm³/mol. The average Bonchev–Trinajstić information content (AvgIpc) is 3.51. The van der Waals surface area contributed by atoms with E-state index in [9.17, 15) is 0 Å². The van der Waals surface area contributed by atoms with E-state index in [1.54, 1.807) is 11.3 Å². The molecule has 0 N–H and O–H groups in total. The molecule has 0 fully saturated rings. The summed E-state index contributed by atoms with van der Waals surface area (Å²) in [7, 11) is 0. The number of thiazole rings is 1. The Labute approximate surface area is 207 Å². The van der Waals surface area contributed by atoms with Crippen LogP contribution in [0.25, 0.3) is 59.1 Å². The lowest BCUT2D eigenvalue weighted by molar-refractivity contribution is 0.667.